The number of amides is 1. The normalized spacial score (nSPS) is 17.6. The molecule has 1 amide bonds. The number of carbonyl (C=O) groups excluding carboxylic acids is 1. The second-order valence-corrected chi connectivity index (χ2v) is 8.48. The summed E-state index contributed by atoms with van der Waals surface area (Å²) in [7, 11) is 3.20. The van der Waals surface area contributed by atoms with Gasteiger partial charge in [0.2, 0.25) is 5.91 Å². The maximum atomic E-state index is 12.0. The van der Waals surface area contributed by atoms with Crippen molar-refractivity contribution in [1.82, 2.24) is 14.9 Å². The lowest BCUT2D eigenvalue weighted by atomic mass is 10.0. The van der Waals surface area contributed by atoms with Crippen LogP contribution in [-0.4, -0.2) is 48.0 Å². The highest BCUT2D eigenvalue weighted by Crippen LogP contribution is 2.42. The summed E-state index contributed by atoms with van der Waals surface area (Å²) in [6.07, 6.45) is 3.86. The summed E-state index contributed by atoms with van der Waals surface area (Å²) < 4.78 is 12.4. The fourth-order valence-corrected chi connectivity index (χ4v) is 4.62. The number of nitrogens with zero attached hydrogens (tertiary/aromatic N) is 3. The first kappa shape index (κ1) is 23.9. The first-order valence-corrected chi connectivity index (χ1v) is 11.5. The van der Waals surface area contributed by atoms with Crippen molar-refractivity contribution in [2.24, 2.45) is 0 Å². The third kappa shape index (κ3) is 4.96. The molecule has 8 nitrogen and oxygen atoms in total. The SMILES string of the molecule is COCCn1cccc1[C@H]1[C@@H](c2ccccn2)NC(=S)N1c1ccc(NC(=O)COC)c(C)c1. The van der Waals surface area contributed by atoms with Crippen molar-refractivity contribution in [3.8, 4) is 0 Å². The topological polar surface area (TPSA) is 80.7 Å². The van der Waals surface area contributed by atoms with E-state index >= 15 is 0 Å². The molecule has 34 heavy (non-hydrogen) atoms. The Labute approximate surface area is 204 Å². The fourth-order valence-electron chi connectivity index (χ4n) is 4.28. The number of nitrogens with one attached hydrogen (secondary N) is 2. The second-order valence-electron chi connectivity index (χ2n) is 8.10. The molecular weight excluding hydrogens is 450 g/mol. The number of hydrogen-bond acceptors (Lipinski definition) is 5. The van der Waals surface area contributed by atoms with E-state index in [0.717, 1.165) is 34.9 Å². The average molecular weight is 480 g/mol. The molecule has 3 heterocycles. The Kier molecular flexibility index (Phi) is 7.56. The first-order chi connectivity index (χ1) is 16.5. The van der Waals surface area contributed by atoms with Gasteiger partial charge in [-0.25, -0.2) is 0 Å². The van der Waals surface area contributed by atoms with Gasteiger partial charge in [0, 0.05) is 50.2 Å². The highest BCUT2D eigenvalue weighted by Gasteiger charge is 2.42. The zero-order valence-electron chi connectivity index (χ0n) is 19.5. The van der Waals surface area contributed by atoms with E-state index in [0.29, 0.717) is 11.7 Å². The number of hydrogen-bond donors (Lipinski definition) is 2. The van der Waals surface area contributed by atoms with E-state index in [1.165, 1.54) is 7.11 Å². The predicted octanol–water partition coefficient (Wildman–Crippen LogP) is 3.60. The van der Waals surface area contributed by atoms with Crippen LogP contribution in [-0.2, 0) is 20.8 Å². The predicted molar refractivity (Wildman–Crippen MR) is 136 cm³/mol. The van der Waals surface area contributed by atoms with Gasteiger partial charge in [-0.05, 0) is 67.2 Å². The maximum absolute atomic E-state index is 12.0. The summed E-state index contributed by atoms with van der Waals surface area (Å²) >= 11 is 5.83. The van der Waals surface area contributed by atoms with Crippen LogP contribution in [0.5, 0.6) is 0 Å². The Balaban J connectivity index is 1.73. The smallest absolute Gasteiger partial charge is 0.250 e. The van der Waals surface area contributed by atoms with Gasteiger partial charge < -0.3 is 29.6 Å². The molecule has 1 fully saturated rings. The lowest BCUT2D eigenvalue weighted by Crippen LogP contribution is -2.30. The number of pyridine rings is 1. The molecule has 3 aromatic rings. The lowest BCUT2D eigenvalue weighted by molar-refractivity contribution is -0.119. The third-order valence-corrected chi connectivity index (χ3v) is 6.15. The van der Waals surface area contributed by atoms with Crippen molar-refractivity contribution in [2.75, 3.05) is 37.7 Å². The van der Waals surface area contributed by atoms with Crippen LogP contribution in [0.2, 0.25) is 0 Å². The van der Waals surface area contributed by atoms with Crippen molar-refractivity contribution in [2.45, 2.75) is 25.6 Å². The molecule has 0 spiro atoms. The van der Waals surface area contributed by atoms with E-state index < -0.39 is 0 Å². The number of ether oxygens (including phenoxy) is 2. The highest BCUT2D eigenvalue weighted by atomic mass is 32.1. The minimum absolute atomic E-state index is 0.00756. The molecule has 2 atom stereocenters. The van der Waals surface area contributed by atoms with Crippen LogP contribution in [0.4, 0.5) is 11.4 Å². The first-order valence-electron chi connectivity index (χ1n) is 11.1. The Hall–Kier alpha value is -3.27. The zero-order chi connectivity index (χ0) is 24.1. The molecule has 2 aromatic heterocycles. The van der Waals surface area contributed by atoms with E-state index in [-0.39, 0.29) is 24.6 Å². The molecule has 0 unspecified atom stereocenters. The van der Waals surface area contributed by atoms with Crippen LogP contribution >= 0.6 is 12.2 Å². The maximum Gasteiger partial charge on any atom is 0.250 e. The summed E-state index contributed by atoms with van der Waals surface area (Å²) in [5.74, 6) is -0.194. The van der Waals surface area contributed by atoms with Gasteiger partial charge in [-0.3, -0.25) is 9.78 Å². The summed E-state index contributed by atoms with van der Waals surface area (Å²) in [4.78, 5) is 18.7. The van der Waals surface area contributed by atoms with Crippen LogP contribution in [0.3, 0.4) is 0 Å². The number of rotatable bonds is 9. The standard InChI is InChI=1S/C25H29N5O3S/c1-17-15-18(9-10-19(17)27-22(31)16-33-3)30-24(21-8-6-12-29(21)13-14-32-2)23(28-25(30)34)20-7-4-5-11-26-20/h4-12,15,23-24H,13-14,16H2,1-3H3,(H,27,31)(H,28,34)/t23-,24+/m1/s1. The van der Waals surface area contributed by atoms with Crippen LogP contribution in [0, 0.1) is 6.92 Å². The molecular formula is C25H29N5O3S. The van der Waals surface area contributed by atoms with Gasteiger partial charge in [0.1, 0.15) is 12.6 Å². The van der Waals surface area contributed by atoms with Crippen LogP contribution < -0.4 is 15.5 Å². The number of aryl methyl sites for hydroxylation is 1. The number of anilines is 2. The number of methoxy groups -OCH3 is 2. The average Bonchev–Trinajstić information content (AvgIpc) is 3.43. The van der Waals surface area contributed by atoms with Gasteiger partial charge in [-0.1, -0.05) is 6.07 Å². The van der Waals surface area contributed by atoms with E-state index in [1.807, 2.05) is 49.4 Å². The van der Waals surface area contributed by atoms with Gasteiger partial charge in [-0.2, -0.15) is 0 Å². The Morgan fingerprint density at radius 1 is 1.18 bits per heavy atom. The van der Waals surface area contributed by atoms with Crippen molar-refractivity contribution in [3.63, 3.8) is 0 Å². The molecule has 1 aliphatic rings. The van der Waals surface area contributed by atoms with Crippen LogP contribution in [0.1, 0.15) is 29.0 Å². The third-order valence-electron chi connectivity index (χ3n) is 5.84. The van der Waals surface area contributed by atoms with Crippen molar-refractivity contribution in [3.05, 3.63) is 77.9 Å². The fraction of sp³-hybridized carbons (Fsp3) is 0.320. The van der Waals surface area contributed by atoms with E-state index in [1.54, 1.807) is 13.3 Å². The molecule has 2 N–H and O–H groups in total. The quantitative estimate of drug-likeness (QED) is 0.454. The lowest BCUT2D eigenvalue weighted by Gasteiger charge is -2.29. The Morgan fingerprint density at radius 2 is 2.03 bits per heavy atom. The van der Waals surface area contributed by atoms with Crippen LogP contribution in [0.15, 0.2) is 60.9 Å². The number of carbonyl (C=O) groups is 1. The van der Waals surface area contributed by atoms with E-state index in [2.05, 4.69) is 37.3 Å². The summed E-state index contributed by atoms with van der Waals surface area (Å²) in [5, 5.41) is 7.00. The summed E-state index contributed by atoms with van der Waals surface area (Å²) in [6.45, 7) is 3.31. The van der Waals surface area contributed by atoms with Crippen molar-refractivity contribution in [1.29, 1.82) is 0 Å². The summed E-state index contributed by atoms with van der Waals surface area (Å²) in [5.41, 5.74) is 4.62. The molecule has 4 rings (SSSR count). The zero-order valence-corrected chi connectivity index (χ0v) is 20.3. The number of benzene rings is 1. The Morgan fingerprint density at radius 3 is 2.74 bits per heavy atom. The van der Waals surface area contributed by atoms with Gasteiger partial charge in [-0.15, -0.1) is 0 Å². The van der Waals surface area contributed by atoms with Gasteiger partial charge in [0.05, 0.1) is 18.3 Å². The van der Waals surface area contributed by atoms with Gasteiger partial charge in [0.15, 0.2) is 5.11 Å². The molecule has 178 valence electrons. The molecule has 9 heteroatoms. The Bertz CT molecular complexity index is 1150. The minimum atomic E-state index is -0.194. The summed E-state index contributed by atoms with van der Waals surface area (Å²) in [6, 6.07) is 15.7. The van der Waals surface area contributed by atoms with Crippen LogP contribution in [0.25, 0.3) is 0 Å². The molecule has 0 aliphatic carbocycles. The molecule has 0 radical (unpaired) electrons. The molecule has 0 bridgehead atoms. The van der Waals surface area contributed by atoms with Crippen molar-refractivity contribution < 1.29 is 14.3 Å². The monoisotopic (exact) mass is 479 g/mol. The van der Waals surface area contributed by atoms with Gasteiger partial charge in [0.25, 0.3) is 0 Å². The molecule has 1 aliphatic heterocycles. The highest BCUT2D eigenvalue weighted by molar-refractivity contribution is 7.80. The molecule has 1 aromatic carbocycles. The van der Waals surface area contributed by atoms with E-state index in [4.69, 9.17) is 21.7 Å². The second kappa shape index (κ2) is 10.8. The minimum Gasteiger partial charge on any atom is -0.383 e. The largest absolute Gasteiger partial charge is 0.383 e. The van der Waals surface area contributed by atoms with Crippen molar-refractivity contribution >= 4 is 34.6 Å². The molecule has 1 saturated heterocycles. The number of aromatic nitrogens is 2. The van der Waals surface area contributed by atoms with Gasteiger partial charge >= 0.3 is 0 Å². The molecule has 0 saturated carbocycles. The number of thiocarbonyl (C=S) groups is 1. The van der Waals surface area contributed by atoms with E-state index in [9.17, 15) is 4.79 Å².